The number of hydrogen-bond acceptors (Lipinski definition) is 4. The van der Waals surface area contributed by atoms with Crippen molar-refractivity contribution in [2.24, 2.45) is 5.14 Å². The molecule has 1 saturated heterocycles. The van der Waals surface area contributed by atoms with Gasteiger partial charge in [-0.15, -0.1) is 0 Å². The lowest BCUT2D eigenvalue weighted by atomic mass is 10.0. The molecule has 0 aromatic heterocycles. The zero-order chi connectivity index (χ0) is 13.9. The highest BCUT2D eigenvalue weighted by Gasteiger charge is 2.22. The van der Waals surface area contributed by atoms with Crippen molar-refractivity contribution in [2.45, 2.75) is 30.2 Å². The number of carbonyl (C=O) groups is 1. The van der Waals surface area contributed by atoms with E-state index in [2.05, 4.69) is 10.6 Å². The molecule has 0 bridgehead atoms. The van der Waals surface area contributed by atoms with E-state index in [0.29, 0.717) is 0 Å². The van der Waals surface area contributed by atoms with Crippen LogP contribution in [-0.4, -0.2) is 26.9 Å². The van der Waals surface area contributed by atoms with E-state index in [1.54, 1.807) is 12.1 Å². The van der Waals surface area contributed by atoms with Crippen LogP contribution in [0.15, 0.2) is 29.2 Å². The number of carbonyl (C=O) groups excluding carboxylic acids is 1. The third kappa shape index (κ3) is 3.52. The van der Waals surface area contributed by atoms with Crippen molar-refractivity contribution >= 4 is 21.6 Å². The Hall–Kier alpha value is -1.44. The van der Waals surface area contributed by atoms with E-state index < -0.39 is 10.0 Å². The lowest BCUT2D eigenvalue weighted by molar-refractivity contribution is -0.118. The molecule has 7 heteroatoms. The van der Waals surface area contributed by atoms with Crippen molar-refractivity contribution in [3.63, 3.8) is 0 Å². The predicted molar refractivity (Wildman–Crippen MR) is 72.1 cm³/mol. The van der Waals surface area contributed by atoms with Gasteiger partial charge < -0.3 is 10.6 Å². The maximum absolute atomic E-state index is 12.0. The molecule has 0 aliphatic carbocycles. The van der Waals surface area contributed by atoms with Crippen LogP contribution in [0, 0.1) is 0 Å². The summed E-state index contributed by atoms with van der Waals surface area (Å²) >= 11 is 0. The van der Waals surface area contributed by atoms with Gasteiger partial charge in [-0.1, -0.05) is 18.6 Å². The minimum atomic E-state index is -3.84. The van der Waals surface area contributed by atoms with Gasteiger partial charge in [0.05, 0.1) is 11.7 Å². The molecule has 1 aromatic carbocycles. The lowest BCUT2D eigenvalue weighted by Crippen LogP contribution is -2.43. The lowest BCUT2D eigenvalue weighted by Gasteiger charge is -2.22. The number of nitrogens with two attached hydrogens (primary N) is 1. The minimum absolute atomic E-state index is 0.0702. The molecule has 1 fully saturated rings. The molecule has 1 aromatic rings. The Morgan fingerprint density at radius 1 is 1.32 bits per heavy atom. The van der Waals surface area contributed by atoms with Gasteiger partial charge in [0.2, 0.25) is 15.9 Å². The zero-order valence-electron chi connectivity index (χ0n) is 10.4. The average Bonchev–Trinajstić information content (AvgIpc) is 2.39. The number of piperidine rings is 1. The fourth-order valence-electron chi connectivity index (χ4n) is 2.11. The van der Waals surface area contributed by atoms with Crippen LogP contribution in [0.3, 0.4) is 0 Å². The first-order valence-electron chi connectivity index (χ1n) is 6.14. The molecule has 0 radical (unpaired) electrons. The SMILES string of the molecule is NS(=O)(=O)c1ccccc1NC(=O)[C@H]1CCCCN1. The molecule has 4 N–H and O–H groups in total. The van der Waals surface area contributed by atoms with Crippen LogP contribution < -0.4 is 15.8 Å². The highest BCUT2D eigenvalue weighted by molar-refractivity contribution is 7.89. The quantitative estimate of drug-likeness (QED) is 0.748. The van der Waals surface area contributed by atoms with Crippen molar-refractivity contribution in [3.05, 3.63) is 24.3 Å². The van der Waals surface area contributed by atoms with Crippen LogP contribution >= 0.6 is 0 Å². The van der Waals surface area contributed by atoms with Crippen molar-refractivity contribution in [1.82, 2.24) is 5.32 Å². The number of rotatable bonds is 3. The summed E-state index contributed by atoms with van der Waals surface area (Å²) in [7, 11) is -3.84. The summed E-state index contributed by atoms with van der Waals surface area (Å²) in [6.45, 7) is 0.801. The fraction of sp³-hybridized carbons (Fsp3) is 0.417. The summed E-state index contributed by atoms with van der Waals surface area (Å²) < 4.78 is 22.8. The normalized spacial score (nSPS) is 19.9. The van der Waals surface area contributed by atoms with Crippen LogP contribution in [0.5, 0.6) is 0 Å². The second-order valence-electron chi connectivity index (χ2n) is 4.53. The monoisotopic (exact) mass is 283 g/mol. The van der Waals surface area contributed by atoms with Gasteiger partial charge in [0.15, 0.2) is 0 Å². The molecule has 1 aliphatic heterocycles. The number of sulfonamides is 1. The van der Waals surface area contributed by atoms with Crippen molar-refractivity contribution in [1.29, 1.82) is 0 Å². The first kappa shape index (κ1) is 14.0. The van der Waals surface area contributed by atoms with Gasteiger partial charge in [-0.3, -0.25) is 4.79 Å². The molecule has 0 spiro atoms. The Kier molecular flexibility index (Phi) is 4.18. The number of anilines is 1. The zero-order valence-corrected chi connectivity index (χ0v) is 11.2. The minimum Gasteiger partial charge on any atom is -0.324 e. The van der Waals surface area contributed by atoms with Crippen molar-refractivity contribution in [3.8, 4) is 0 Å². The van der Waals surface area contributed by atoms with Gasteiger partial charge in [-0.25, -0.2) is 13.6 Å². The van der Waals surface area contributed by atoms with Crippen molar-refractivity contribution in [2.75, 3.05) is 11.9 Å². The topological polar surface area (TPSA) is 101 Å². The summed E-state index contributed by atoms with van der Waals surface area (Å²) in [5, 5.41) is 10.8. The van der Waals surface area contributed by atoms with E-state index in [1.807, 2.05) is 0 Å². The molecule has 6 nitrogen and oxygen atoms in total. The third-order valence-corrected chi connectivity index (χ3v) is 4.05. The van der Waals surface area contributed by atoms with Gasteiger partial charge in [-0.05, 0) is 31.5 Å². The first-order valence-corrected chi connectivity index (χ1v) is 7.69. The Morgan fingerprint density at radius 3 is 2.68 bits per heavy atom. The van der Waals surface area contributed by atoms with Gasteiger partial charge in [0.25, 0.3) is 0 Å². The van der Waals surface area contributed by atoms with Crippen LogP contribution in [0.2, 0.25) is 0 Å². The molecule has 1 atom stereocenters. The molecule has 2 rings (SSSR count). The molecule has 19 heavy (non-hydrogen) atoms. The first-order chi connectivity index (χ1) is 8.98. The molecular formula is C12H17N3O3S. The Bertz CT molecular complexity index is 565. The fourth-order valence-corrected chi connectivity index (χ4v) is 2.81. The molecular weight excluding hydrogens is 266 g/mol. The van der Waals surface area contributed by atoms with Crippen LogP contribution in [0.1, 0.15) is 19.3 Å². The van der Waals surface area contributed by atoms with Crippen LogP contribution in [0.4, 0.5) is 5.69 Å². The Labute approximate surface area is 112 Å². The largest absolute Gasteiger partial charge is 0.324 e. The third-order valence-electron chi connectivity index (χ3n) is 3.08. The summed E-state index contributed by atoms with van der Waals surface area (Å²) in [5.41, 5.74) is 0.224. The number of nitrogens with one attached hydrogen (secondary N) is 2. The average molecular weight is 283 g/mol. The maximum Gasteiger partial charge on any atom is 0.241 e. The maximum atomic E-state index is 12.0. The predicted octanol–water partition coefficient (Wildman–Crippen LogP) is 0.415. The highest BCUT2D eigenvalue weighted by Crippen LogP contribution is 2.20. The van der Waals surface area contributed by atoms with E-state index in [4.69, 9.17) is 5.14 Å². The van der Waals surface area contributed by atoms with Gasteiger partial charge in [0.1, 0.15) is 4.90 Å². The van der Waals surface area contributed by atoms with E-state index >= 15 is 0 Å². The number of para-hydroxylation sites is 1. The number of hydrogen-bond donors (Lipinski definition) is 3. The summed E-state index contributed by atoms with van der Waals surface area (Å²) in [4.78, 5) is 12.0. The highest BCUT2D eigenvalue weighted by atomic mass is 32.2. The van der Waals surface area contributed by atoms with E-state index in [-0.39, 0.29) is 22.5 Å². The molecule has 1 heterocycles. The number of benzene rings is 1. The second-order valence-corrected chi connectivity index (χ2v) is 6.06. The summed E-state index contributed by atoms with van der Waals surface area (Å²) in [6, 6.07) is 5.84. The summed E-state index contributed by atoms with van der Waals surface area (Å²) in [5.74, 6) is -0.226. The number of primary sulfonamides is 1. The smallest absolute Gasteiger partial charge is 0.241 e. The Morgan fingerprint density at radius 2 is 2.05 bits per heavy atom. The standard InChI is InChI=1S/C12H17N3O3S/c13-19(17,18)11-7-2-1-5-9(11)15-12(16)10-6-3-4-8-14-10/h1-2,5,7,10,14H,3-4,6,8H2,(H,15,16)(H2,13,17,18)/t10-/m1/s1. The second kappa shape index (κ2) is 5.68. The Balaban J connectivity index is 2.17. The number of amides is 1. The van der Waals surface area contributed by atoms with E-state index in [1.165, 1.54) is 12.1 Å². The molecule has 104 valence electrons. The van der Waals surface area contributed by atoms with Crippen LogP contribution in [-0.2, 0) is 14.8 Å². The van der Waals surface area contributed by atoms with Crippen molar-refractivity contribution < 1.29 is 13.2 Å². The molecule has 0 saturated carbocycles. The summed E-state index contributed by atoms with van der Waals surface area (Å²) in [6.07, 6.45) is 2.79. The molecule has 1 amide bonds. The van der Waals surface area contributed by atoms with E-state index in [9.17, 15) is 13.2 Å². The molecule has 1 aliphatic rings. The van der Waals surface area contributed by atoms with Gasteiger partial charge in [-0.2, -0.15) is 0 Å². The van der Waals surface area contributed by atoms with Gasteiger partial charge in [0, 0.05) is 0 Å². The van der Waals surface area contributed by atoms with Gasteiger partial charge >= 0.3 is 0 Å². The van der Waals surface area contributed by atoms with E-state index in [0.717, 1.165) is 25.8 Å². The molecule has 0 unspecified atom stereocenters. The van der Waals surface area contributed by atoms with Crippen LogP contribution in [0.25, 0.3) is 0 Å².